The lowest BCUT2D eigenvalue weighted by molar-refractivity contribution is 0.0694. The quantitative estimate of drug-likeness (QED) is 0.797. The molecule has 7 nitrogen and oxygen atoms in total. The van der Waals surface area contributed by atoms with Crippen LogP contribution in [0.4, 0.5) is 10.1 Å². The van der Waals surface area contributed by atoms with Crippen molar-refractivity contribution in [2.75, 3.05) is 24.6 Å². The number of benzene rings is 1. The number of carboxylic acids is 1. The van der Waals surface area contributed by atoms with Crippen molar-refractivity contribution in [2.24, 2.45) is 17.6 Å². The highest BCUT2D eigenvalue weighted by Gasteiger charge is 2.39. The molecule has 2 aromatic rings. The van der Waals surface area contributed by atoms with Crippen LogP contribution in [0.25, 0.3) is 10.9 Å². The normalized spacial score (nSPS) is 22.9. The van der Waals surface area contributed by atoms with Crippen LogP contribution in [0, 0.1) is 17.7 Å². The summed E-state index contributed by atoms with van der Waals surface area (Å²) < 4.78 is 22.6. The second kappa shape index (κ2) is 7.91. The topological polar surface area (TPSA) is 97.8 Å². The summed E-state index contributed by atoms with van der Waals surface area (Å²) in [6, 6.07) is 1.12. The number of hydrogen-bond donors (Lipinski definition) is 2. The van der Waals surface area contributed by atoms with E-state index >= 15 is 4.39 Å². The Morgan fingerprint density at radius 1 is 1.27 bits per heavy atom. The van der Waals surface area contributed by atoms with Gasteiger partial charge in [-0.3, -0.25) is 4.79 Å². The van der Waals surface area contributed by atoms with Gasteiger partial charge in [0.15, 0.2) is 11.6 Å². The first-order valence-electron chi connectivity index (χ1n) is 10.7. The Balaban J connectivity index is 0.00000106. The molecule has 3 aliphatic rings. The lowest BCUT2D eigenvalue weighted by atomic mass is 9.87. The van der Waals surface area contributed by atoms with Crippen molar-refractivity contribution in [3.8, 4) is 5.75 Å². The number of hydrogen-bond acceptors (Lipinski definition) is 5. The number of pyridine rings is 1. The molecule has 1 aromatic carbocycles. The molecular formula is C22H28FN3O4. The molecule has 0 spiro atoms. The highest BCUT2D eigenvalue weighted by atomic mass is 19.1. The van der Waals surface area contributed by atoms with Crippen LogP contribution in [0.2, 0.25) is 0 Å². The van der Waals surface area contributed by atoms with Crippen LogP contribution < -0.4 is 20.8 Å². The van der Waals surface area contributed by atoms with Crippen molar-refractivity contribution in [1.29, 1.82) is 0 Å². The summed E-state index contributed by atoms with van der Waals surface area (Å²) in [5.74, 6) is -0.400. The van der Waals surface area contributed by atoms with Gasteiger partial charge in [-0.2, -0.15) is 0 Å². The Morgan fingerprint density at radius 3 is 2.63 bits per heavy atom. The Bertz CT molecular complexity index is 1050. The second-order valence-electron chi connectivity index (χ2n) is 8.05. The number of halogens is 1. The maximum Gasteiger partial charge on any atom is 0.341 e. The highest BCUT2D eigenvalue weighted by molar-refractivity contribution is 5.97. The minimum Gasteiger partial charge on any atom is -0.487 e. The third-order valence-electron chi connectivity index (χ3n) is 6.31. The Kier molecular flexibility index (Phi) is 5.44. The van der Waals surface area contributed by atoms with E-state index in [2.05, 4.69) is 0 Å². The van der Waals surface area contributed by atoms with Crippen LogP contribution in [0.1, 0.15) is 43.5 Å². The average Bonchev–Trinajstić information content (AvgIpc) is 3.57. The fourth-order valence-corrected chi connectivity index (χ4v) is 4.81. The van der Waals surface area contributed by atoms with Gasteiger partial charge in [-0.05, 0) is 37.2 Å². The number of aromatic carboxylic acids is 1. The largest absolute Gasteiger partial charge is 0.487 e. The van der Waals surface area contributed by atoms with E-state index in [1.54, 1.807) is 4.57 Å². The van der Waals surface area contributed by atoms with Gasteiger partial charge in [-0.15, -0.1) is 0 Å². The third-order valence-corrected chi connectivity index (χ3v) is 6.31. The third kappa shape index (κ3) is 3.33. The Morgan fingerprint density at radius 2 is 2.00 bits per heavy atom. The van der Waals surface area contributed by atoms with Gasteiger partial charge in [0.1, 0.15) is 17.9 Å². The number of nitrogens with two attached hydrogens (primary N) is 1. The van der Waals surface area contributed by atoms with E-state index in [0.717, 1.165) is 12.5 Å². The Hall–Kier alpha value is -2.61. The number of piperidine rings is 1. The van der Waals surface area contributed by atoms with Crippen LogP contribution in [-0.2, 0) is 6.54 Å². The van der Waals surface area contributed by atoms with Crippen LogP contribution in [-0.4, -0.2) is 41.4 Å². The summed E-state index contributed by atoms with van der Waals surface area (Å²) in [6.07, 6.45) is 4.70. The molecule has 1 saturated carbocycles. The smallest absolute Gasteiger partial charge is 0.341 e. The fourth-order valence-electron chi connectivity index (χ4n) is 4.81. The minimum atomic E-state index is -1.32. The molecule has 2 aliphatic heterocycles. The van der Waals surface area contributed by atoms with Crippen molar-refractivity contribution >= 4 is 22.6 Å². The van der Waals surface area contributed by atoms with Crippen LogP contribution in [0.3, 0.4) is 0 Å². The van der Waals surface area contributed by atoms with E-state index in [1.165, 1.54) is 19.0 Å². The number of carbonyl (C=O) groups is 1. The van der Waals surface area contributed by atoms with Gasteiger partial charge in [0, 0.05) is 25.3 Å². The zero-order valence-corrected chi connectivity index (χ0v) is 17.4. The van der Waals surface area contributed by atoms with Crippen LogP contribution in [0.15, 0.2) is 17.1 Å². The minimum absolute atomic E-state index is 0.0243. The molecule has 30 heavy (non-hydrogen) atoms. The standard InChI is InChI=1S/C20H22FN3O4.C2H6/c21-14-7-12-16-19(28-6-5-24(16)8-13(18(12)25)20(26)27)17(14)23-4-3-11(10-1-2-10)15(22)9-23;1-2/h7-8,10-11,15H,1-6,9,22H2,(H,26,27);1-2H3. The van der Waals surface area contributed by atoms with E-state index in [-0.39, 0.29) is 23.6 Å². The molecule has 2 fully saturated rings. The second-order valence-corrected chi connectivity index (χ2v) is 8.05. The van der Waals surface area contributed by atoms with Gasteiger partial charge in [0.2, 0.25) is 5.43 Å². The predicted molar refractivity (Wildman–Crippen MR) is 113 cm³/mol. The molecule has 8 heteroatoms. The lowest BCUT2D eigenvalue weighted by Gasteiger charge is -2.39. The van der Waals surface area contributed by atoms with Gasteiger partial charge in [-0.1, -0.05) is 13.8 Å². The van der Waals surface area contributed by atoms with Gasteiger partial charge >= 0.3 is 5.97 Å². The molecule has 3 heterocycles. The van der Waals surface area contributed by atoms with Crippen LogP contribution >= 0.6 is 0 Å². The number of anilines is 1. The van der Waals surface area contributed by atoms with Gasteiger partial charge in [0.25, 0.3) is 0 Å². The van der Waals surface area contributed by atoms with E-state index in [1.807, 2.05) is 18.7 Å². The molecule has 5 rings (SSSR count). The lowest BCUT2D eigenvalue weighted by Crippen LogP contribution is -2.49. The number of ether oxygens (including phenoxy) is 1. The molecule has 162 valence electrons. The summed E-state index contributed by atoms with van der Waals surface area (Å²) in [7, 11) is 0. The van der Waals surface area contributed by atoms with E-state index in [9.17, 15) is 14.7 Å². The molecule has 1 aliphatic carbocycles. The first-order valence-corrected chi connectivity index (χ1v) is 10.7. The fraction of sp³-hybridized carbons (Fsp3) is 0.545. The first-order chi connectivity index (χ1) is 14.5. The molecule has 0 amide bonds. The molecule has 1 saturated heterocycles. The van der Waals surface area contributed by atoms with Crippen molar-refractivity contribution < 1.29 is 19.0 Å². The van der Waals surface area contributed by atoms with Crippen molar-refractivity contribution in [3.05, 3.63) is 33.9 Å². The first kappa shape index (κ1) is 20.7. The van der Waals surface area contributed by atoms with Crippen molar-refractivity contribution in [1.82, 2.24) is 4.57 Å². The SMILES string of the molecule is CC.NC1CN(c2c(F)cc3c(=O)c(C(=O)O)cn4c3c2OCC4)CCC1C1CC1. The average molecular weight is 417 g/mol. The van der Waals surface area contributed by atoms with E-state index in [0.29, 0.717) is 48.4 Å². The van der Waals surface area contributed by atoms with Crippen LogP contribution in [0.5, 0.6) is 5.75 Å². The molecule has 0 radical (unpaired) electrons. The molecule has 1 aromatic heterocycles. The highest BCUT2D eigenvalue weighted by Crippen LogP contribution is 2.45. The van der Waals surface area contributed by atoms with E-state index in [4.69, 9.17) is 10.5 Å². The summed E-state index contributed by atoms with van der Waals surface area (Å²) >= 11 is 0. The molecule has 2 unspecified atom stereocenters. The predicted octanol–water partition coefficient (Wildman–Crippen LogP) is 2.82. The molecule has 2 atom stereocenters. The number of aromatic nitrogens is 1. The summed E-state index contributed by atoms with van der Waals surface area (Å²) in [5.41, 5.74) is 6.12. The van der Waals surface area contributed by atoms with Crippen molar-refractivity contribution in [2.45, 2.75) is 45.7 Å². The zero-order chi connectivity index (χ0) is 21.6. The Labute approximate surface area is 174 Å². The maximum atomic E-state index is 15.2. The van der Waals surface area contributed by atoms with E-state index < -0.39 is 17.2 Å². The summed E-state index contributed by atoms with van der Waals surface area (Å²) in [4.78, 5) is 25.9. The van der Waals surface area contributed by atoms with Gasteiger partial charge in [0.05, 0.1) is 17.4 Å². The van der Waals surface area contributed by atoms with Gasteiger partial charge < -0.3 is 25.0 Å². The monoisotopic (exact) mass is 417 g/mol. The maximum absolute atomic E-state index is 15.2. The molecule has 0 bridgehead atoms. The number of carboxylic acid groups (broad SMARTS) is 1. The van der Waals surface area contributed by atoms with Crippen molar-refractivity contribution in [3.63, 3.8) is 0 Å². The number of nitrogens with zero attached hydrogens (tertiary/aromatic N) is 2. The molecular weight excluding hydrogens is 389 g/mol. The van der Waals surface area contributed by atoms with Gasteiger partial charge in [-0.25, -0.2) is 9.18 Å². The molecule has 3 N–H and O–H groups in total. The zero-order valence-electron chi connectivity index (χ0n) is 17.4. The summed E-state index contributed by atoms with van der Waals surface area (Å²) in [6.45, 7) is 5.91. The summed E-state index contributed by atoms with van der Waals surface area (Å²) in [5, 5.41) is 9.34. The number of rotatable bonds is 3.